The van der Waals surface area contributed by atoms with Crippen molar-refractivity contribution >= 4 is 0 Å². The van der Waals surface area contributed by atoms with Gasteiger partial charge in [-0.2, -0.15) is 0 Å². The van der Waals surface area contributed by atoms with Crippen LogP contribution in [-0.4, -0.2) is 13.2 Å². The minimum absolute atomic E-state index is 0.255. The van der Waals surface area contributed by atoms with E-state index in [1.54, 1.807) is 12.3 Å². The molecule has 100 valence electrons. The van der Waals surface area contributed by atoms with Crippen LogP contribution in [0.5, 0.6) is 5.75 Å². The molecule has 0 bridgehead atoms. The molecular weight excluding hydrogens is 245 g/mol. The smallest absolute Gasteiger partial charge is 0.165 e. The highest BCUT2D eigenvalue weighted by Gasteiger charge is 2.21. The third-order valence-electron chi connectivity index (χ3n) is 3.34. The van der Waals surface area contributed by atoms with Crippen LogP contribution in [0.25, 0.3) is 11.1 Å². The second kappa shape index (κ2) is 5.05. The second-order valence-electron chi connectivity index (χ2n) is 4.76. The summed E-state index contributed by atoms with van der Waals surface area (Å²) in [5.41, 5.74) is 1.73. The molecule has 1 saturated carbocycles. The zero-order chi connectivity index (χ0) is 13.2. The molecule has 1 aliphatic carbocycles. The Labute approximate surface area is 111 Å². The van der Waals surface area contributed by atoms with Gasteiger partial charge in [0, 0.05) is 11.6 Å². The third-order valence-corrected chi connectivity index (χ3v) is 3.34. The number of methoxy groups -OCH3 is 1. The van der Waals surface area contributed by atoms with Gasteiger partial charge in [-0.15, -0.1) is 0 Å². The lowest BCUT2D eigenvalue weighted by Gasteiger charge is -2.06. The van der Waals surface area contributed by atoms with E-state index in [0.29, 0.717) is 12.6 Å². The van der Waals surface area contributed by atoms with Crippen LogP contribution >= 0.6 is 0 Å². The van der Waals surface area contributed by atoms with Gasteiger partial charge >= 0.3 is 0 Å². The highest BCUT2D eigenvalue weighted by molar-refractivity contribution is 5.66. The summed E-state index contributed by atoms with van der Waals surface area (Å²) < 4.78 is 24.1. The summed E-state index contributed by atoms with van der Waals surface area (Å²) in [6, 6.07) is 7.43. The molecule has 0 spiro atoms. The maximum absolute atomic E-state index is 13.7. The molecule has 3 rings (SSSR count). The van der Waals surface area contributed by atoms with Crippen molar-refractivity contribution in [1.82, 2.24) is 5.32 Å². The normalized spacial score (nSPS) is 14.6. The first-order valence-electron chi connectivity index (χ1n) is 6.41. The van der Waals surface area contributed by atoms with Crippen LogP contribution in [0, 0.1) is 5.82 Å². The average Bonchev–Trinajstić information content (AvgIpc) is 3.13. The second-order valence-corrected chi connectivity index (χ2v) is 4.76. The first-order chi connectivity index (χ1) is 9.28. The molecule has 1 aromatic carbocycles. The summed E-state index contributed by atoms with van der Waals surface area (Å²) in [6.45, 7) is 0.681. The van der Waals surface area contributed by atoms with E-state index < -0.39 is 0 Å². The summed E-state index contributed by atoms with van der Waals surface area (Å²) in [5.74, 6) is 0.740. The van der Waals surface area contributed by atoms with Crippen molar-refractivity contribution in [3.05, 3.63) is 42.1 Å². The van der Waals surface area contributed by atoms with Crippen LogP contribution in [0.15, 0.2) is 34.9 Å². The number of hydrogen-bond acceptors (Lipinski definition) is 3. The molecule has 1 aliphatic rings. The summed E-state index contributed by atoms with van der Waals surface area (Å²) in [5, 5.41) is 3.39. The van der Waals surface area contributed by atoms with Crippen molar-refractivity contribution in [2.45, 2.75) is 25.4 Å². The number of hydrogen-bond donors (Lipinski definition) is 1. The Bertz CT molecular complexity index is 575. The fourth-order valence-corrected chi connectivity index (χ4v) is 2.09. The zero-order valence-electron chi connectivity index (χ0n) is 10.8. The summed E-state index contributed by atoms with van der Waals surface area (Å²) >= 11 is 0. The van der Waals surface area contributed by atoms with Crippen molar-refractivity contribution in [3.63, 3.8) is 0 Å². The van der Waals surface area contributed by atoms with Crippen molar-refractivity contribution in [2.75, 3.05) is 7.11 Å². The fourth-order valence-electron chi connectivity index (χ4n) is 2.09. The van der Waals surface area contributed by atoms with Gasteiger partial charge in [-0.1, -0.05) is 6.07 Å². The number of halogens is 1. The molecular formula is C15H16FNO2. The lowest BCUT2D eigenvalue weighted by Crippen LogP contribution is -2.15. The van der Waals surface area contributed by atoms with E-state index in [1.807, 2.05) is 12.1 Å². The molecule has 1 N–H and O–H groups in total. The SMILES string of the molecule is COc1ccc(-c2ccoc2CNC2CC2)cc1F. The summed E-state index contributed by atoms with van der Waals surface area (Å²) in [6.07, 6.45) is 4.10. The van der Waals surface area contributed by atoms with E-state index in [-0.39, 0.29) is 11.6 Å². The predicted molar refractivity (Wildman–Crippen MR) is 70.5 cm³/mol. The van der Waals surface area contributed by atoms with Crippen molar-refractivity contribution < 1.29 is 13.5 Å². The van der Waals surface area contributed by atoms with Gasteiger partial charge in [0.05, 0.1) is 19.9 Å². The van der Waals surface area contributed by atoms with Gasteiger partial charge in [-0.05, 0) is 36.6 Å². The number of furan rings is 1. The number of benzene rings is 1. The lowest BCUT2D eigenvalue weighted by molar-refractivity contribution is 0.386. The van der Waals surface area contributed by atoms with Crippen molar-refractivity contribution in [3.8, 4) is 16.9 Å². The van der Waals surface area contributed by atoms with Crippen molar-refractivity contribution in [2.24, 2.45) is 0 Å². The van der Waals surface area contributed by atoms with E-state index in [9.17, 15) is 4.39 Å². The monoisotopic (exact) mass is 261 g/mol. The Balaban J connectivity index is 1.84. The van der Waals surface area contributed by atoms with Crippen molar-refractivity contribution in [1.29, 1.82) is 0 Å². The van der Waals surface area contributed by atoms with Gasteiger partial charge < -0.3 is 14.5 Å². The van der Waals surface area contributed by atoms with Gasteiger partial charge in [0.15, 0.2) is 11.6 Å². The minimum Gasteiger partial charge on any atom is -0.494 e. The van der Waals surface area contributed by atoms with Gasteiger partial charge in [0.2, 0.25) is 0 Å². The quantitative estimate of drug-likeness (QED) is 0.896. The summed E-state index contributed by atoms with van der Waals surface area (Å²) in [4.78, 5) is 0. The molecule has 0 atom stereocenters. The zero-order valence-corrected chi connectivity index (χ0v) is 10.8. The molecule has 0 aliphatic heterocycles. The summed E-state index contributed by atoms with van der Waals surface area (Å²) in [7, 11) is 1.46. The van der Waals surface area contributed by atoms with Crippen LogP contribution in [0.1, 0.15) is 18.6 Å². The molecule has 0 amide bonds. The average molecular weight is 261 g/mol. The van der Waals surface area contributed by atoms with Gasteiger partial charge in [-0.3, -0.25) is 0 Å². The van der Waals surface area contributed by atoms with Gasteiger partial charge in [-0.25, -0.2) is 4.39 Å². The molecule has 4 heteroatoms. The molecule has 0 radical (unpaired) electrons. The Morgan fingerprint density at radius 1 is 1.37 bits per heavy atom. The van der Waals surface area contributed by atoms with Crippen LogP contribution in [0.4, 0.5) is 4.39 Å². The maximum atomic E-state index is 13.7. The first-order valence-corrected chi connectivity index (χ1v) is 6.41. The largest absolute Gasteiger partial charge is 0.494 e. The predicted octanol–water partition coefficient (Wildman–Crippen LogP) is 3.35. The van der Waals surface area contributed by atoms with Gasteiger partial charge in [0.25, 0.3) is 0 Å². The lowest BCUT2D eigenvalue weighted by atomic mass is 10.1. The molecule has 1 fully saturated rings. The van der Waals surface area contributed by atoms with E-state index in [1.165, 1.54) is 26.0 Å². The highest BCUT2D eigenvalue weighted by Crippen LogP contribution is 2.29. The minimum atomic E-state index is -0.359. The standard InChI is InChI=1S/C15H16FNO2/c1-18-14-5-2-10(8-13(14)16)12-6-7-19-15(12)9-17-11-3-4-11/h2,5-8,11,17H,3-4,9H2,1H3. The van der Waals surface area contributed by atoms with Crippen LogP contribution in [0.2, 0.25) is 0 Å². The first kappa shape index (κ1) is 12.2. The Morgan fingerprint density at radius 2 is 2.21 bits per heavy atom. The number of rotatable bonds is 5. The van der Waals surface area contributed by atoms with E-state index in [4.69, 9.17) is 9.15 Å². The topological polar surface area (TPSA) is 34.4 Å². The van der Waals surface area contributed by atoms with E-state index >= 15 is 0 Å². The Hall–Kier alpha value is -1.81. The Morgan fingerprint density at radius 3 is 2.89 bits per heavy atom. The molecule has 2 aromatic rings. The maximum Gasteiger partial charge on any atom is 0.165 e. The van der Waals surface area contributed by atoms with Gasteiger partial charge in [0.1, 0.15) is 5.76 Å². The highest BCUT2D eigenvalue weighted by atomic mass is 19.1. The molecule has 19 heavy (non-hydrogen) atoms. The third kappa shape index (κ3) is 2.63. The molecule has 0 saturated heterocycles. The number of nitrogens with one attached hydrogen (secondary N) is 1. The molecule has 3 nitrogen and oxygen atoms in total. The molecule has 0 unspecified atom stereocenters. The van der Waals surface area contributed by atoms with E-state index in [0.717, 1.165) is 16.9 Å². The molecule has 1 aromatic heterocycles. The van der Waals surface area contributed by atoms with Crippen LogP contribution in [0.3, 0.4) is 0 Å². The Kier molecular flexibility index (Phi) is 3.25. The van der Waals surface area contributed by atoms with E-state index in [2.05, 4.69) is 5.32 Å². The molecule has 1 heterocycles. The fraction of sp³-hybridized carbons (Fsp3) is 0.333. The van der Waals surface area contributed by atoms with Crippen LogP contribution in [-0.2, 0) is 6.54 Å². The number of ether oxygens (including phenoxy) is 1. The van der Waals surface area contributed by atoms with Crippen LogP contribution < -0.4 is 10.1 Å².